The van der Waals surface area contributed by atoms with E-state index in [-0.39, 0.29) is 5.54 Å². The van der Waals surface area contributed by atoms with Crippen molar-refractivity contribution in [2.24, 2.45) is 0 Å². The molecule has 0 radical (unpaired) electrons. The van der Waals surface area contributed by atoms with Crippen LogP contribution in [0.25, 0.3) is 0 Å². The summed E-state index contributed by atoms with van der Waals surface area (Å²) in [5, 5.41) is 3.32. The zero-order chi connectivity index (χ0) is 26.5. The third-order valence-corrected chi connectivity index (χ3v) is 8.16. The van der Waals surface area contributed by atoms with Crippen LogP contribution in [0.2, 0.25) is 0 Å². The molecule has 3 heterocycles. The Kier molecular flexibility index (Phi) is 8.26. The van der Waals surface area contributed by atoms with Crippen LogP contribution in [-0.4, -0.2) is 57.4 Å². The molecule has 0 bridgehead atoms. The quantitative estimate of drug-likeness (QED) is 0.391. The fraction of sp³-hybridized carbons (Fsp3) is 0.448. The zero-order valence-electron chi connectivity index (χ0n) is 22.6. The van der Waals surface area contributed by atoms with Gasteiger partial charge in [-0.25, -0.2) is 13.9 Å². The molecule has 3 aromatic rings. The number of piperidine rings is 1. The number of ether oxygens (including phenoxy) is 1. The Hall–Kier alpha value is -3.01. The molecule has 2 N–H and O–H groups in total. The smallest absolute Gasteiger partial charge is 0.229 e. The molecule has 0 saturated carbocycles. The highest BCUT2D eigenvalue weighted by Crippen LogP contribution is 2.34. The van der Waals surface area contributed by atoms with Crippen molar-refractivity contribution >= 4 is 34.1 Å². The van der Waals surface area contributed by atoms with Crippen LogP contribution in [0, 0.1) is 0 Å². The maximum Gasteiger partial charge on any atom is 0.229 e. The maximum absolute atomic E-state index is 12.8. The van der Waals surface area contributed by atoms with Crippen LogP contribution in [0.5, 0.6) is 5.75 Å². The molecule has 9 heteroatoms. The fourth-order valence-electron chi connectivity index (χ4n) is 4.80. The van der Waals surface area contributed by atoms with Gasteiger partial charge >= 0.3 is 0 Å². The molecule has 1 saturated heterocycles. The second kappa shape index (κ2) is 11.8. The minimum atomic E-state index is -1.29. The monoisotopic (exact) mass is 534 g/mol. The largest absolute Gasteiger partial charge is 0.492 e. The van der Waals surface area contributed by atoms with Gasteiger partial charge in [0.1, 0.15) is 29.2 Å². The molecule has 0 spiro atoms. The number of anilines is 4. The third kappa shape index (κ3) is 6.89. The van der Waals surface area contributed by atoms with E-state index in [1.54, 1.807) is 0 Å². The van der Waals surface area contributed by atoms with E-state index in [0.29, 0.717) is 12.6 Å². The summed E-state index contributed by atoms with van der Waals surface area (Å²) in [5.41, 5.74) is 2.74. The molecule has 1 fully saturated rings. The van der Waals surface area contributed by atoms with Crippen molar-refractivity contribution in [3.63, 3.8) is 0 Å². The van der Waals surface area contributed by atoms with Crippen LogP contribution >= 0.6 is 0 Å². The van der Waals surface area contributed by atoms with Gasteiger partial charge in [-0.3, -0.25) is 4.90 Å². The van der Waals surface area contributed by atoms with Crippen molar-refractivity contribution in [1.29, 1.82) is 0 Å². The molecule has 8 nitrogen and oxygen atoms in total. The minimum absolute atomic E-state index is 0.244. The second-order valence-corrected chi connectivity index (χ2v) is 12.2. The van der Waals surface area contributed by atoms with E-state index in [1.807, 2.05) is 75.5 Å². The summed E-state index contributed by atoms with van der Waals surface area (Å²) in [6.45, 7) is 10.9. The third-order valence-electron chi connectivity index (χ3n) is 6.68. The summed E-state index contributed by atoms with van der Waals surface area (Å²) in [7, 11) is -1.29. The Labute approximate surface area is 228 Å². The van der Waals surface area contributed by atoms with E-state index >= 15 is 0 Å². The predicted octanol–water partition coefficient (Wildman–Crippen LogP) is 5.19. The van der Waals surface area contributed by atoms with Crippen LogP contribution in [0.4, 0.5) is 23.1 Å². The molecule has 38 heavy (non-hydrogen) atoms. The number of hydrogen-bond donors (Lipinski definition) is 2. The predicted molar refractivity (Wildman–Crippen MR) is 154 cm³/mol. The van der Waals surface area contributed by atoms with Crippen molar-refractivity contribution in [3.8, 4) is 5.75 Å². The molecular formula is C29H38N6O2S. The molecule has 1 unspecified atom stereocenters. The summed E-state index contributed by atoms with van der Waals surface area (Å²) in [4.78, 5) is 14.8. The Morgan fingerprint density at radius 1 is 1.03 bits per heavy atom. The van der Waals surface area contributed by atoms with Gasteiger partial charge in [-0.15, -0.1) is 0 Å². The number of aromatic nitrogens is 2. The summed E-state index contributed by atoms with van der Waals surface area (Å²) in [5.74, 6) is 2.29. The van der Waals surface area contributed by atoms with E-state index in [2.05, 4.69) is 24.8 Å². The SMILES string of the molecule is CC(C)(C)NS(=O)c1cccc(N2CCc3cnc(Nc4ccc(OCCN5CCCCC5)cc4)nc32)c1. The average molecular weight is 535 g/mol. The average Bonchev–Trinajstić information content (AvgIpc) is 3.33. The van der Waals surface area contributed by atoms with Crippen molar-refractivity contribution in [1.82, 2.24) is 19.6 Å². The zero-order valence-corrected chi connectivity index (χ0v) is 23.4. The van der Waals surface area contributed by atoms with Gasteiger partial charge in [0.2, 0.25) is 5.95 Å². The van der Waals surface area contributed by atoms with E-state index in [9.17, 15) is 4.21 Å². The second-order valence-electron chi connectivity index (χ2n) is 11.0. The number of likely N-dealkylation sites (tertiary alicyclic amines) is 1. The highest BCUT2D eigenvalue weighted by atomic mass is 32.2. The van der Waals surface area contributed by atoms with Gasteiger partial charge in [-0.1, -0.05) is 12.5 Å². The van der Waals surface area contributed by atoms with Crippen LogP contribution in [0.15, 0.2) is 59.6 Å². The Balaban J connectivity index is 1.22. The van der Waals surface area contributed by atoms with Gasteiger partial charge in [0.25, 0.3) is 0 Å². The van der Waals surface area contributed by atoms with E-state index in [0.717, 1.165) is 52.9 Å². The summed E-state index contributed by atoms with van der Waals surface area (Å²) in [6, 6.07) is 15.8. The highest BCUT2D eigenvalue weighted by Gasteiger charge is 2.24. The van der Waals surface area contributed by atoms with Crippen LogP contribution in [0.3, 0.4) is 0 Å². The van der Waals surface area contributed by atoms with Gasteiger partial charge in [-0.2, -0.15) is 4.98 Å². The molecule has 5 rings (SSSR count). The molecule has 1 aromatic heterocycles. The van der Waals surface area contributed by atoms with E-state index in [4.69, 9.17) is 9.72 Å². The molecule has 2 aromatic carbocycles. The Bertz CT molecular complexity index is 1250. The van der Waals surface area contributed by atoms with Crippen LogP contribution in [0.1, 0.15) is 45.6 Å². The Morgan fingerprint density at radius 3 is 2.58 bits per heavy atom. The molecule has 0 aliphatic carbocycles. The molecule has 2 aliphatic rings. The number of fused-ring (bicyclic) bond motifs is 1. The minimum Gasteiger partial charge on any atom is -0.492 e. The molecule has 2 aliphatic heterocycles. The lowest BCUT2D eigenvalue weighted by Crippen LogP contribution is -2.37. The summed E-state index contributed by atoms with van der Waals surface area (Å²) < 4.78 is 21.9. The summed E-state index contributed by atoms with van der Waals surface area (Å²) in [6.07, 6.45) is 6.71. The first kappa shape index (κ1) is 26.6. The number of hydrogen-bond acceptors (Lipinski definition) is 7. The first-order chi connectivity index (χ1) is 18.3. The first-order valence-corrected chi connectivity index (χ1v) is 14.6. The first-order valence-electron chi connectivity index (χ1n) is 13.5. The standard InChI is InChI=1S/C29H38N6O2S/c1-29(2,3)33-38(36)26-9-7-8-24(20-26)35-17-14-22-21-30-28(32-27(22)35)31-23-10-12-25(13-11-23)37-19-18-34-15-5-4-6-16-34/h7-13,20-21,33H,4-6,14-19H2,1-3H3,(H,30,31,32). The molecule has 1 atom stereocenters. The lowest BCUT2D eigenvalue weighted by atomic mass is 10.1. The number of benzene rings is 2. The van der Waals surface area contributed by atoms with E-state index < -0.39 is 11.0 Å². The summed E-state index contributed by atoms with van der Waals surface area (Å²) >= 11 is 0. The van der Waals surface area contributed by atoms with E-state index in [1.165, 1.54) is 32.4 Å². The molecule has 202 valence electrons. The molecular weight excluding hydrogens is 496 g/mol. The van der Waals surface area contributed by atoms with Crippen LogP contribution < -0.4 is 19.7 Å². The van der Waals surface area contributed by atoms with Gasteiger partial charge < -0.3 is 15.0 Å². The highest BCUT2D eigenvalue weighted by molar-refractivity contribution is 7.83. The van der Waals surface area contributed by atoms with Crippen LogP contribution in [-0.2, 0) is 17.4 Å². The van der Waals surface area contributed by atoms with Crippen molar-refractivity contribution < 1.29 is 8.95 Å². The number of rotatable bonds is 9. The number of nitrogens with one attached hydrogen (secondary N) is 2. The number of nitrogens with zero attached hydrogens (tertiary/aromatic N) is 4. The van der Waals surface area contributed by atoms with Crippen molar-refractivity contribution in [3.05, 3.63) is 60.3 Å². The maximum atomic E-state index is 12.8. The van der Waals surface area contributed by atoms with Gasteiger partial charge in [-0.05, 0) is 95.6 Å². The van der Waals surface area contributed by atoms with Gasteiger partial charge in [0.15, 0.2) is 0 Å². The molecule has 0 amide bonds. The fourth-order valence-corrected chi connectivity index (χ4v) is 5.90. The Morgan fingerprint density at radius 2 is 1.82 bits per heavy atom. The van der Waals surface area contributed by atoms with Gasteiger partial charge in [0.05, 0.1) is 4.90 Å². The lowest BCUT2D eigenvalue weighted by Gasteiger charge is -2.26. The normalized spacial score (nSPS) is 16.8. The lowest BCUT2D eigenvalue weighted by molar-refractivity contribution is 0.183. The van der Waals surface area contributed by atoms with Crippen molar-refractivity contribution in [2.45, 2.75) is 56.9 Å². The topological polar surface area (TPSA) is 82.6 Å². The van der Waals surface area contributed by atoms with Gasteiger partial charge in [0, 0.05) is 41.8 Å². The van der Waals surface area contributed by atoms with Crippen molar-refractivity contribution in [2.75, 3.05) is 43.0 Å².